The van der Waals surface area contributed by atoms with Crippen LogP contribution in [0.25, 0.3) is 0 Å². The summed E-state index contributed by atoms with van der Waals surface area (Å²) in [5.74, 6) is 0. The lowest BCUT2D eigenvalue weighted by Gasteiger charge is -2.20. The van der Waals surface area contributed by atoms with Crippen LogP contribution in [-0.2, 0) is 12.8 Å². The van der Waals surface area contributed by atoms with Gasteiger partial charge in [-0.25, -0.2) is 0 Å². The van der Waals surface area contributed by atoms with Crippen molar-refractivity contribution < 1.29 is 5.11 Å². The van der Waals surface area contributed by atoms with Crippen molar-refractivity contribution in [3.05, 3.63) is 71.8 Å². The molecule has 0 unspecified atom stereocenters. The molecule has 5 heteroatoms. The molecule has 0 aromatic heterocycles. The Hall–Kier alpha value is -1.76. The number of benzene rings is 2. The smallest absolute Gasteiger partial charge is 0.0555 e. The molecule has 2 aromatic rings. The van der Waals surface area contributed by atoms with Gasteiger partial charge in [0.1, 0.15) is 0 Å². The van der Waals surface area contributed by atoms with E-state index in [-0.39, 0.29) is 12.6 Å². The van der Waals surface area contributed by atoms with Crippen molar-refractivity contribution in [2.75, 3.05) is 39.3 Å². The summed E-state index contributed by atoms with van der Waals surface area (Å²) in [6, 6.07) is 21.3. The fourth-order valence-electron chi connectivity index (χ4n) is 3.11. The summed E-state index contributed by atoms with van der Waals surface area (Å²) >= 11 is 0. The molecule has 0 heterocycles. The molecule has 6 N–H and O–H groups in total. The van der Waals surface area contributed by atoms with Crippen molar-refractivity contribution in [2.45, 2.75) is 24.9 Å². The van der Waals surface area contributed by atoms with Gasteiger partial charge in [0.05, 0.1) is 6.61 Å². The van der Waals surface area contributed by atoms with Gasteiger partial charge in [0.15, 0.2) is 0 Å². The van der Waals surface area contributed by atoms with Crippen LogP contribution < -0.4 is 21.7 Å². The Morgan fingerprint density at radius 2 is 1.33 bits per heavy atom. The van der Waals surface area contributed by atoms with Crippen molar-refractivity contribution in [2.24, 2.45) is 5.73 Å². The molecule has 148 valence electrons. The number of aliphatic hydroxyl groups is 1. The van der Waals surface area contributed by atoms with E-state index >= 15 is 0 Å². The number of nitrogens with one attached hydrogen (secondary N) is 3. The Bertz CT molecular complexity index is 594. The van der Waals surface area contributed by atoms with E-state index in [1.54, 1.807) is 0 Å². The van der Waals surface area contributed by atoms with Crippen LogP contribution in [0, 0.1) is 0 Å². The SMILES string of the molecule is N[C@H](CNCCN[C@H](CNCCO)Cc1ccccc1)Cc1ccccc1. The van der Waals surface area contributed by atoms with E-state index in [0.29, 0.717) is 12.6 Å². The monoisotopic (exact) mass is 370 g/mol. The zero-order chi connectivity index (χ0) is 19.2. The third-order valence-electron chi connectivity index (χ3n) is 4.49. The topological polar surface area (TPSA) is 82.3 Å². The maximum atomic E-state index is 8.97. The molecular weight excluding hydrogens is 336 g/mol. The number of rotatable bonds is 14. The van der Waals surface area contributed by atoms with E-state index in [1.165, 1.54) is 11.1 Å². The quantitative estimate of drug-likeness (QED) is 0.320. The van der Waals surface area contributed by atoms with Crippen molar-refractivity contribution >= 4 is 0 Å². The second-order valence-electron chi connectivity index (χ2n) is 6.92. The van der Waals surface area contributed by atoms with E-state index in [4.69, 9.17) is 10.8 Å². The van der Waals surface area contributed by atoms with Crippen molar-refractivity contribution in [3.8, 4) is 0 Å². The summed E-state index contributed by atoms with van der Waals surface area (Å²) in [5.41, 5.74) is 8.81. The van der Waals surface area contributed by atoms with Gasteiger partial charge in [0.25, 0.3) is 0 Å². The fraction of sp³-hybridized carbons (Fsp3) is 0.455. The second-order valence-corrected chi connectivity index (χ2v) is 6.92. The lowest BCUT2D eigenvalue weighted by Crippen LogP contribution is -2.44. The van der Waals surface area contributed by atoms with Crippen LogP contribution in [0.1, 0.15) is 11.1 Å². The van der Waals surface area contributed by atoms with Crippen LogP contribution in [0.5, 0.6) is 0 Å². The normalized spacial score (nSPS) is 13.4. The van der Waals surface area contributed by atoms with Crippen molar-refractivity contribution in [1.29, 1.82) is 0 Å². The number of aliphatic hydroxyl groups excluding tert-OH is 1. The highest BCUT2D eigenvalue weighted by Gasteiger charge is 2.09. The summed E-state index contributed by atoms with van der Waals surface area (Å²) in [4.78, 5) is 0. The maximum Gasteiger partial charge on any atom is 0.0555 e. The zero-order valence-corrected chi connectivity index (χ0v) is 16.1. The number of nitrogens with two attached hydrogens (primary N) is 1. The van der Waals surface area contributed by atoms with E-state index in [9.17, 15) is 0 Å². The second kappa shape index (κ2) is 13.4. The minimum atomic E-state index is 0.124. The fourth-order valence-corrected chi connectivity index (χ4v) is 3.11. The Labute approximate surface area is 163 Å². The van der Waals surface area contributed by atoms with Crippen LogP contribution in [0.4, 0.5) is 0 Å². The molecule has 0 amide bonds. The van der Waals surface area contributed by atoms with Gasteiger partial charge >= 0.3 is 0 Å². The Morgan fingerprint density at radius 3 is 1.96 bits per heavy atom. The third kappa shape index (κ3) is 9.65. The van der Waals surface area contributed by atoms with Crippen LogP contribution in [-0.4, -0.2) is 56.5 Å². The third-order valence-corrected chi connectivity index (χ3v) is 4.49. The molecule has 0 saturated heterocycles. The summed E-state index contributed by atoms with van der Waals surface area (Å²) < 4.78 is 0. The van der Waals surface area contributed by atoms with Crippen molar-refractivity contribution in [1.82, 2.24) is 16.0 Å². The molecule has 5 nitrogen and oxygen atoms in total. The van der Waals surface area contributed by atoms with Crippen LogP contribution in [0.15, 0.2) is 60.7 Å². The average molecular weight is 371 g/mol. The van der Waals surface area contributed by atoms with E-state index in [0.717, 1.165) is 39.0 Å². The number of hydrogen-bond donors (Lipinski definition) is 5. The standard InChI is InChI=1S/C22H34N4O/c23-21(15-19-7-3-1-4-8-19)17-24-11-12-26-22(18-25-13-14-27)16-20-9-5-2-6-10-20/h1-10,21-22,24-27H,11-18,23H2/t21-,22-/m0/s1. The molecule has 0 spiro atoms. The predicted octanol–water partition coefficient (Wildman–Crippen LogP) is 0.929. The Balaban J connectivity index is 1.64. The van der Waals surface area contributed by atoms with Crippen LogP contribution in [0.3, 0.4) is 0 Å². The minimum Gasteiger partial charge on any atom is -0.395 e. The molecule has 2 rings (SSSR count). The van der Waals surface area contributed by atoms with Gasteiger partial charge < -0.3 is 26.8 Å². The van der Waals surface area contributed by atoms with Gasteiger partial charge in [-0.05, 0) is 24.0 Å². The van der Waals surface area contributed by atoms with Crippen LogP contribution >= 0.6 is 0 Å². The lowest BCUT2D eigenvalue weighted by molar-refractivity contribution is 0.289. The van der Waals surface area contributed by atoms with E-state index in [2.05, 4.69) is 64.5 Å². The first-order valence-electron chi connectivity index (χ1n) is 9.87. The van der Waals surface area contributed by atoms with E-state index in [1.807, 2.05) is 12.1 Å². The predicted molar refractivity (Wildman–Crippen MR) is 113 cm³/mol. The summed E-state index contributed by atoms with van der Waals surface area (Å²) in [6.45, 7) is 4.20. The molecule has 0 aliphatic carbocycles. The van der Waals surface area contributed by atoms with Gasteiger partial charge in [-0.1, -0.05) is 60.7 Å². The molecular formula is C22H34N4O. The molecule has 0 aliphatic rings. The summed E-state index contributed by atoms with van der Waals surface area (Å²) in [6.07, 6.45) is 1.86. The Kier molecular flexibility index (Phi) is 10.7. The molecule has 2 aromatic carbocycles. The first-order chi connectivity index (χ1) is 13.3. The zero-order valence-electron chi connectivity index (χ0n) is 16.1. The van der Waals surface area contributed by atoms with Gasteiger partial charge in [-0.15, -0.1) is 0 Å². The van der Waals surface area contributed by atoms with Crippen LogP contribution in [0.2, 0.25) is 0 Å². The van der Waals surface area contributed by atoms with Gasteiger partial charge in [-0.3, -0.25) is 0 Å². The molecule has 0 radical (unpaired) electrons. The highest BCUT2D eigenvalue weighted by atomic mass is 16.3. The molecule has 0 saturated carbocycles. The van der Waals surface area contributed by atoms with Gasteiger partial charge in [0.2, 0.25) is 0 Å². The first-order valence-corrected chi connectivity index (χ1v) is 9.87. The highest BCUT2D eigenvalue weighted by molar-refractivity contribution is 5.16. The lowest BCUT2D eigenvalue weighted by atomic mass is 10.1. The van der Waals surface area contributed by atoms with E-state index < -0.39 is 0 Å². The minimum absolute atomic E-state index is 0.124. The largest absolute Gasteiger partial charge is 0.395 e. The Morgan fingerprint density at radius 1 is 0.741 bits per heavy atom. The first kappa shape index (κ1) is 21.5. The molecule has 27 heavy (non-hydrogen) atoms. The number of hydrogen-bond acceptors (Lipinski definition) is 5. The summed E-state index contributed by atoms with van der Waals surface area (Å²) in [5, 5.41) is 19.3. The van der Waals surface area contributed by atoms with Gasteiger partial charge in [0, 0.05) is 44.8 Å². The van der Waals surface area contributed by atoms with Crippen molar-refractivity contribution in [3.63, 3.8) is 0 Å². The average Bonchev–Trinajstić information content (AvgIpc) is 2.69. The molecule has 0 bridgehead atoms. The molecule has 0 aliphatic heterocycles. The molecule has 2 atom stereocenters. The summed E-state index contributed by atoms with van der Waals surface area (Å²) in [7, 11) is 0. The molecule has 0 fully saturated rings. The maximum absolute atomic E-state index is 8.97. The highest BCUT2D eigenvalue weighted by Crippen LogP contribution is 2.03. The van der Waals surface area contributed by atoms with Gasteiger partial charge in [-0.2, -0.15) is 0 Å².